The molecular formula is C26H29NO. The molecular weight excluding hydrogens is 342 g/mol. The van der Waals surface area contributed by atoms with E-state index in [1.54, 1.807) is 6.92 Å². The first-order valence-corrected chi connectivity index (χ1v) is 10.1. The van der Waals surface area contributed by atoms with Gasteiger partial charge in [0.2, 0.25) is 0 Å². The highest BCUT2D eigenvalue weighted by molar-refractivity contribution is 5.76. The summed E-state index contributed by atoms with van der Waals surface area (Å²) in [6.07, 6.45) is 1.58. The fourth-order valence-corrected chi connectivity index (χ4v) is 3.67. The van der Waals surface area contributed by atoms with E-state index in [0.29, 0.717) is 6.42 Å². The van der Waals surface area contributed by atoms with Crippen molar-refractivity contribution in [3.63, 3.8) is 0 Å². The van der Waals surface area contributed by atoms with Gasteiger partial charge in [0.05, 0.1) is 0 Å². The van der Waals surface area contributed by atoms with Crippen LogP contribution in [0.15, 0.2) is 84.9 Å². The molecule has 0 aliphatic carbocycles. The average Bonchev–Trinajstić information content (AvgIpc) is 2.73. The van der Waals surface area contributed by atoms with Crippen molar-refractivity contribution in [1.29, 1.82) is 0 Å². The molecule has 0 heterocycles. The van der Waals surface area contributed by atoms with Gasteiger partial charge < -0.3 is 9.69 Å². The zero-order chi connectivity index (χ0) is 19.8. The number of hydrogen-bond acceptors (Lipinski definition) is 2. The maximum absolute atomic E-state index is 11.7. The lowest BCUT2D eigenvalue weighted by Gasteiger charge is -2.27. The quantitative estimate of drug-likeness (QED) is 0.436. The molecule has 0 amide bonds. The molecule has 28 heavy (non-hydrogen) atoms. The highest BCUT2D eigenvalue weighted by atomic mass is 16.1. The van der Waals surface area contributed by atoms with Crippen molar-refractivity contribution in [2.75, 3.05) is 4.90 Å². The summed E-state index contributed by atoms with van der Waals surface area (Å²) < 4.78 is 0. The summed E-state index contributed by atoms with van der Waals surface area (Å²) in [5.74, 6) is 0.537. The van der Waals surface area contributed by atoms with E-state index in [1.807, 2.05) is 0 Å². The third-order valence-corrected chi connectivity index (χ3v) is 5.17. The highest BCUT2D eigenvalue weighted by Crippen LogP contribution is 2.29. The Balaban J connectivity index is 1.90. The molecule has 3 rings (SSSR count). The third-order valence-electron chi connectivity index (χ3n) is 5.17. The molecule has 1 atom stereocenters. The molecule has 2 nitrogen and oxygen atoms in total. The van der Waals surface area contributed by atoms with Gasteiger partial charge in [-0.1, -0.05) is 79.7 Å². The van der Waals surface area contributed by atoms with E-state index in [2.05, 4.69) is 96.8 Å². The van der Waals surface area contributed by atoms with Crippen LogP contribution in [0.2, 0.25) is 0 Å². The Labute approximate surface area is 168 Å². The number of anilines is 1. The van der Waals surface area contributed by atoms with Gasteiger partial charge in [-0.05, 0) is 48.1 Å². The lowest BCUT2D eigenvalue weighted by atomic mass is 9.91. The van der Waals surface area contributed by atoms with Gasteiger partial charge in [-0.2, -0.15) is 0 Å². The summed E-state index contributed by atoms with van der Waals surface area (Å²) in [6, 6.07) is 29.9. The second kappa shape index (κ2) is 9.89. The second-order valence-corrected chi connectivity index (χ2v) is 7.43. The minimum absolute atomic E-state index is 0.252. The van der Waals surface area contributed by atoms with Gasteiger partial charge in [-0.15, -0.1) is 0 Å². The molecule has 2 heteroatoms. The van der Waals surface area contributed by atoms with Crippen LogP contribution in [-0.2, 0) is 17.9 Å². The van der Waals surface area contributed by atoms with E-state index in [9.17, 15) is 4.79 Å². The molecule has 0 fully saturated rings. The Morgan fingerprint density at radius 1 is 0.821 bits per heavy atom. The number of Topliss-reactive ketones (excluding diaryl/α,β-unsaturated/α-hetero) is 1. The third kappa shape index (κ3) is 5.56. The van der Waals surface area contributed by atoms with Crippen LogP contribution >= 0.6 is 0 Å². The number of nitrogens with zero attached hydrogens (tertiary/aromatic N) is 1. The molecule has 0 saturated carbocycles. The molecule has 3 aromatic rings. The topological polar surface area (TPSA) is 20.3 Å². The molecule has 0 spiro atoms. The highest BCUT2D eigenvalue weighted by Gasteiger charge is 2.15. The van der Waals surface area contributed by atoms with E-state index in [1.165, 1.54) is 22.4 Å². The van der Waals surface area contributed by atoms with Crippen LogP contribution in [0.4, 0.5) is 5.69 Å². The molecule has 144 valence electrons. The van der Waals surface area contributed by atoms with Crippen LogP contribution < -0.4 is 4.90 Å². The van der Waals surface area contributed by atoms with Crippen molar-refractivity contribution in [3.05, 3.63) is 102 Å². The number of carbonyl (C=O) groups excluding carboxylic acids is 1. The second-order valence-electron chi connectivity index (χ2n) is 7.43. The summed E-state index contributed by atoms with van der Waals surface area (Å²) in [7, 11) is 0. The van der Waals surface area contributed by atoms with Gasteiger partial charge in [-0.25, -0.2) is 0 Å². The summed E-state index contributed by atoms with van der Waals surface area (Å²) in [5, 5.41) is 0. The first-order chi connectivity index (χ1) is 13.7. The standard InChI is InChI=1S/C26H29NO/c1-3-24(17-21(2)28)25-15-10-16-26(18-25)27(19-22-11-6-4-7-12-22)20-23-13-8-5-9-14-23/h4-16,18,24H,3,17,19-20H2,1-2H3/t24-/m0/s1. The van der Waals surface area contributed by atoms with Gasteiger partial charge in [0.25, 0.3) is 0 Å². The van der Waals surface area contributed by atoms with E-state index in [4.69, 9.17) is 0 Å². The smallest absolute Gasteiger partial charge is 0.130 e. The van der Waals surface area contributed by atoms with Crippen molar-refractivity contribution in [3.8, 4) is 0 Å². The summed E-state index contributed by atoms with van der Waals surface area (Å²) >= 11 is 0. The Morgan fingerprint density at radius 2 is 1.39 bits per heavy atom. The lowest BCUT2D eigenvalue weighted by Crippen LogP contribution is -2.22. The van der Waals surface area contributed by atoms with E-state index in [0.717, 1.165) is 19.5 Å². The monoisotopic (exact) mass is 371 g/mol. The Kier molecular flexibility index (Phi) is 7.02. The summed E-state index contributed by atoms with van der Waals surface area (Å²) in [6.45, 7) is 5.54. The van der Waals surface area contributed by atoms with Crippen molar-refractivity contribution >= 4 is 11.5 Å². The molecule has 0 bridgehead atoms. The van der Waals surface area contributed by atoms with Crippen LogP contribution in [0.5, 0.6) is 0 Å². The van der Waals surface area contributed by atoms with Gasteiger partial charge in [-0.3, -0.25) is 0 Å². The number of ketones is 1. The molecule has 0 aliphatic rings. The maximum atomic E-state index is 11.7. The van der Waals surface area contributed by atoms with Crippen LogP contribution in [-0.4, -0.2) is 5.78 Å². The molecule has 0 unspecified atom stereocenters. The lowest BCUT2D eigenvalue weighted by molar-refractivity contribution is -0.117. The summed E-state index contributed by atoms with van der Waals surface area (Å²) in [4.78, 5) is 14.1. The minimum Gasteiger partial charge on any atom is -0.363 e. The number of benzene rings is 3. The Bertz CT molecular complexity index is 832. The fourth-order valence-electron chi connectivity index (χ4n) is 3.67. The van der Waals surface area contributed by atoms with E-state index < -0.39 is 0 Å². The van der Waals surface area contributed by atoms with Crippen molar-refractivity contribution in [2.24, 2.45) is 0 Å². The van der Waals surface area contributed by atoms with Crippen LogP contribution in [0.1, 0.15) is 49.3 Å². The normalized spacial score (nSPS) is 11.8. The first-order valence-electron chi connectivity index (χ1n) is 10.1. The maximum Gasteiger partial charge on any atom is 0.130 e. The largest absolute Gasteiger partial charge is 0.363 e. The van der Waals surface area contributed by atoms with Gasteiger partial charge in [0.15, 0.2) is 0 Å². The van der Waals surface area contributed by atoms with E-state index in [-0.39, 0.29) is 11.7 Å². The molecule has 0 aromatic heterocycles. The van der Waals surface area contributed by atoms with Crippen LogP contribution in [0.25, 0.3) is 0 Å². The summed E-state index contributed by atoms with van der Waals surface area (Å²) in [5.41, 5.74) is 5.03. The molecule has 0 saturated heterocycles. The molecule has 3 aromatic carbocycles. The fraction of sp³-hybridized carbons (Fsp3) is 0.269. The first kappa shape index (κ1) is 19.9. The molecule has 0 N–H and O–H groups in total. The zero-order valence-electron chi connectivity index (χ0n) is 16.8. The van der Waals surface area contributed by atoms with Crippen molar-refractivity contribution < 1.29 is 4.79 Å². The van der Waals surface area contributed by atoms with Gasteiger partial charge in [0.1, 0.15) is 5.78 Å². The molecule has 0 radical (unpaired) electrons. The minimum atomic E-state index is 0.252. The Hall–Kier alpha value is -2.87. The zero-order valence-corrected chi connectivity index (χ0v) is 16.8. The number of rotatable bonds is 9. The molecule has 0 aliphatic heterocycles. The number of hydrogen-bond donors (Lipinski definition) is 0. The van der Waals surface area contributed by atoms with Gasteiger partial charge >= 0.3 is 0 Å². The average molecular weight is 372 g/mol. The van der Waals surface area contributed by atoms with Crippen LogP contribution in [0, 0.1) is 0 Å². The van der Waals surface area contributed by atoms with Gasteiger partial charge in [0, 0.05) is 25.2 Å². The Morgan fingerprint density at radius 3 is 1.89 bits per heavy atom. The van der Waals surface area contributed by atoms with Crippen molar-refractivity contribution in [2.45, 2.75) is 45.7 Å². The predicted octanol–water partition coefficient (Wildman–Crippen LogP) is 6.37. The van der Waals surface area contributed by atoms with Crippen LogP contribution in [0.3, 0.4) is 0 Å². The van der Waals surface area contributed by atoms with Crippen molar-refractivity contribution in [1.82, 2.24) is 0 Å². The number of carbonyl (C=O) groups is 1. The van der Waals surface area contributed by atoms with E-state index >= 15 is 0 Å². The SMILES string of the molecule is CC[C@@H](CC(C)=O)c1cccc(N(Cc2ccccc2)Cc2ccccc2)c1. The predicted molar refractivity (Wildman–Crippen MR) is 118 cm³/mol.